The van der Waals surface area contributed by atoms with Gasteiger partial charge in [0.15, 0.2) is 5.96 Å². The Balaban J connectivity index is 1.15. The Labute approximate surface area is 190 Å². The quantitative estimate of drug-likeness (QED) is 0.507. The molecule has 2 aliphatic heterocycles. The molecule has 31 heavy (non-hydrogen) atoms. The van der Waals surface area contributed by atoms with Gasteiger partial charge >= 0.3 is 0 Å². The summed E-state index contributed by atoms with van der Waals surface area (Å²) in [5.41, 5.74) is 0. The Morgan fingerprint density at radius 2 is 2.03 bits per heavy atom. The van der Waals surface area contributed by atoms with Gasteiger partial charge < -0.3 is 20.4 Å². The molecule has 1 aromatic rings. The van der Waals surface area contributed by atoms with Crippen LogP contribution in [0.4, 0.5) is 5.82 Å². The number of amides is 1. The summed E-state index contributed by atoms with van der Waals surface area (Å²) in [5.74, 6) is 2.37. The van der Waals surface area contributed by atoms with Crippen LogP contribution in [0.25, 0.3) is 0 Å². The molecule has 1 aromatic heterocycles. The van der Waals surface area contributed by atoms with Crippen LogP contribution in [-0.4, -0.2) is 92.1 Å². The SMILES string of the molecule is CN=C(NCCN1CCN(C(=O)C2CCC2)CC1)NC1CCN(c2ncccc2Cl)C1. The standard InChI is InChI=1S/C22H34ClN7O/c1-24-22(27-18-7-10-30(16-18)20-19(23)6-3-8-25-20)26-9-11-28-12-14-29(15-13-28)21(31)17-4-2-5-17/h3,6,8,17-18H,2,4-5,7,9-16H2,1H3,(H2,24,26,27). The molecular weight excluding hydrogens is 414 g/mol. The first kappa shape index (κ1) is 22.1. The van der Waals surface area contributed by atoms with Crippen LogP contribution in [0.1, 0.15) is 25.7 Å². The van der Waals surface area contributed by atoms with Crippen molar-refractivity contribution in [1.29, 1.82) is 0 Å². The first-order valence-corrected chi connectivity index (χ1v) is 11.9. The van der Waals surface area contributed by atoms with Crippen LogP contribution in [0.15, 0.2) is 23.3 Å². The maximum atomic E-state index is 12.4. The second-order valence-corrected chi connectivity index (χ2v) is 9.09. The maximum Gasteiger partial charge on any atom is 0.225 e. The number of nitrogens with zero attached hydrogens (tertiary/aromatic N) is 5. The Bertz CT molecular complexity index is 777. The molecule has 3 aliphatic rings. The molecule has 8 nitrogen and oxygen atoms in total. The van der Waals surface area contributed by atoms with Crippen LogP contribution in [0.5, 0.6) is 0 Å². The minimum Gasteiger partial charge on any atom is -0.355 e. The Morgan fingerprint density at radius 1 is 1.23 bits per heavy atom. The summed E-state index contributed by atoms with van der Waals surface area (Å²) in [7, 11) is 1.81. The van der Waals surface area contributed by atoms with Crippen LogP contribution in [0.3, 0.4) is 0 Å². The number of carbonyl (C=O) groups is 1. The third-order valence-electron chi connectivity index (χ3n) is 6.65. The number of hydrogen-bond acceptors (Lipinski definition) is 5. The summed E-state index contributed by atoms with van der Waals surface area (Å²) in [6.07, 6.45) is 6.19. The van der Waals surface area contributed by atoms with Crippen LogP contribution in [-0.2, 0) is 4.79 Å². The third kappa shape index (κ3) is 5.60. The molecule has 0 aromatic carbocycles. The Kier molecular flexibility index (Phi) is 7.50. The molecule has 4 rings (SSSR count). The average Bonchev–Trinajstić information content (AvgIpc) is 3.21. The van der Waals surface area contributed by atoms with Crippen molar-refractivity contribution in [3.05, 3.63) is 23.4 Å². The van der Waals surface area contributed by atoms with E-state index in [2.05, 4.69) is 35.3 Å². The van der Waals surface area contributed by atoms with Crippen LogP contribution < -0.4 is 15.5 Å². The number of carbonyl (C=O) groups excluding carboxylic acids is 1. The van der Waals surface area contributed by atoms with Crippen molar-refractivity contribution >= 4 is 29.3 Å². The monoisotopic (exact) mass is 447 g/mol. The number of hydrogen-bond donors (Lipinski definition) is 2. The van der Waals surface area contributed by atoms with E-state index >= 15 is 0 Å². The average molecular weight is 448 g/mol. The molecular formula is C22H34ClN7O. The zero-order valence-corrected chi connectivity index (χ0v) is 19.2. The molecule has 0 spiro atoms. The molecule has 0 radical (unpaired) electrons. The molecule has 1 unspecified atom stereocenters. The van der Waals surface area contributed by atoms with E-state index in [-0.39, 0.29) is 0 Å². The summed E-state index contributed by atoms with van der Waals surface area (Å²) < 4.78 is 0. The molecule has 1 atom stereocenters. The summed E-state index contributed by atoms with van der Waals surface area (Å²) in [6, 6.07) is 4.05. The first-order valence-electron chi connectivity index (χ1n) is 11.5. The van der Waals surface area contributed by atoms with Crippen molar-refractivity contribution < 1.29 is 4.79 Å². The van der Waals surface area contributed by atoms with Crippen LogP contribution in [0.2, 0.25) is 5.02 Å². The van der Waals surface area contributed by atoms with Gasteiger partial charge in [-0.25, -0.2) is 4.98 Å². The lowest BCUT2D eigenvalue weighted by molar-refractivity contribution is -0.139. The maximum absolute atomic E-state index is 12.4. The summed E-state index contributed by atoms with van der Waals surface area (Å²) in [5, 5.41) is 7.66. The number of halogens is 1. The highest BCUT2D eigenvalue weighted by molar-refractivity contribution is 6.32. The summed E-state index contributed by atoms with van der Waals surface area (Å²) in [4.78, 5) is 27.9. The van der Waals surface area contributed by atoms with Gasteiger partial charge in [0.1, 0.15) is 5.82 Å². The number of nitrogens with one attached hydrogen (secondary N) is 2. The number of aromatic nitrogens is 1. The van der Waals surface area contributed by atoms with E-state index in [0.717, 1.165) is 83.4 Å². The largest absolute Gasteiger partial charge is 0.355 e. The minimum atomic E-state index is 0.308. The van der Waals surface area contributed by atoms with Gasteiger partial charge in [-0.15, -0.1) is 0 Å². The summed E-state index contributed by atoms with van der Waals surface area (Å²) >= 11 is 6.29. The van der Waals surface area contributed by atoms with E-state index in [1.54, 1.807) is 6.20 Å². The number of pyridine rings is 1. The number of rotatable bonds is 6. The lowest BCUT2D eigenvalue weighted by Crippen LogP contribution is -2.53. The van der Waals surface area contributed by atoms with E-state index in [4.69, 9.17) is 11.6 Å². The number of aliphatic imine (C=N–C) groups is 1. The van der Waals surface area contributed by atoms with Gasteiger partial charge in [-0.3, -0.25) is 14.7 Å². The van der Waals surface area contributed by atoms with Crippen LogP contribution in [0, 0.1) is 5.92 Å². The van der Waals surface area contributed by atoms with E-state index < -0.39 is 0 Å². The van der Waals surface area contributed by atoms with Gasteiger partial charge in [0.05, 0.1) is 5.02 Å². The fraction of sp³-hybridized carbons (Fsp3) is 0.682. The van der Waals surface area contributed by atoms with E-state index in [1.807, 2.05) is 19.2 Å². The van der Waals surface area contributed by atoms with Gasteiger partial charge in [-0.2, -0.15) is 0 Å². The number of piperazine rings is 1. The fourth-order valence-electron chi connectivity index (χ4n) is 4.51. The van der Waals surface area contributed by atoms with Crippen molar-refractivity contribution in [2.75, 3.05) is 64.3 Å². The van der Waals surface area contributed by atoms with Crippen molar-refractivity contribution in [2.24, 2.45) is 10.9 Å². The number of guanidine groups is 1. The fourth-order valence-corrected chi connectivity index (χ4v) is 4.75. The predicted octanol–water partition coefficient (Wildman–Crippen LogP) is 1.42. The topological polar surface area (TPSA) is 76.1 Å². The van der Waals surface area contributed by atoms with E-state index in [1.165, 1.54) is 6.42 Å². The smallest absolute Gasteiger partial charge is 0.225 e. The second-order valence-electron chi connectivity index (χ2n) is 8.68. The van der Waals surface area contributed by atoms with Gasteiger partial charge in [-0.05, 0) is 31.4 Å². The molecule has 1 amide bonds. The van der Waals surface area contributed by atoms with Crippen molar-refractivity contribution in [1.82, 2.24) is 25.4 Å². The van der Waals surface area contributed by atoms with Gasteiger partial charge in [0, 0.05) is 77.6 Å². The van der Waals surface area contributed by atoms with Crippen molar-refractivity contribution in [2.45, 2.75) is 31.7 Å². The lowest BCUT2D eigenvalue weighted by atomic mass is 9.84. The lowest BCUT2D eigenvalue weighted by Gasteiger charge is -2.38. The van der Waals surface area contributed by atoms with E-state index in [0.29, 0.717) is 22.9 Å². The zero-order chi connectivity index (χ0) is 21.6. The van der Waals surface area contributed by atoms with Gasteiger partial charge in [0.2, 0.25) is 5.91 Å². The second kappa shape index (κ2) is 10.5. The highest BCUT2D eigenvalue weighted by atomic mass is 35.5. The van der Waals surface area contributed by atoms with Gasteiger partial charge in [0.25, 0.3) is 0 Å². The first-order chi connectivity index (χ1) is 15.1. The zero-order valence-electron chi connectivity index (χ0n) is 18.4. The van der Waals surface area contributed by atoms with Gasteiger partial charge in [-0.1, -0.05) is 18.0 Å². The minimum absolute atomic E-state index is 0.308. The molecule has 9 heteroatoms. The highest BCUT2D eigenvalue weighted by Crippen LogP contribution is 2.28. The Morgan fingerprint density at radius 3 is 2.71 bits per heavy atom. The predicted molar refractivity (Wildman–Crippen MR) is 125 cm³/mol. The molecule has 170 valence electrons. The molecule has 1 aliphatic carbocycles. The van der Waals surface area contributed by atoms with Crippen LogP contribution >= 0.6 is 11.6 Å². The summed E-state index contributed by atoms with van der Waals surface area (Å²) in [6.45, 7) is 7.19. The molecule has 2 N–H and O–H groups in total. The highest BCUT2D eigenvalue weighted by Gasteiger charge is 2.31. The van der Waals surface area contributed by atoms with Crippen molar-refractivity contribution in [3.63, 3.8) is 0 Å². The normalized spacial score (nSPS) is 23.0. The Hall–Kier alpha value is -2.06. The third-order valence-corrected chi connectivity index (χ3v) is 6.95. The van der Waals surface area contributed by atoms with E-state index in [9.17, 15) is 4.79 Å². The molecule has 0 bridgehead atoms. The molecule has 1 saturated carbocycles. The number of anilines is 1. The molecule has 3 fully saturated rings. The van der Waals surface area contributed by atoms with Crippen molar-refractivity contribution in [3.8, 4) is 0 Å². The molecule has 3 heterocycles. The molecule has 2 saturated heterocycles.